The van der Waals surface area contributed by atoms with Crippen LogP contribution in [0.5, 0.6) is 0 Å². The SMILES string of the molecule is Fc1cc(-c2ccc3c(c2)sc2ccccc23)cc(-c2ccc3c4ccccc4c4ccccc4c3c2)c1. The van der Waals surface area contributed by atoms with E-state index in [2.05, 4.69) is 115 Å². The van der Waals surface area contributed by atoms with Gasteiger partial charge >= 0.3 is 0 Å². The second kappa shape index (κ2) is 8.24. The number of hydrogen-bond donors (Lipinski definition) is 0. The van der Waals surface area contributed by atoms with Crippen LogP contribution >= 0.6 is 11.3 Å². The van der Waals surface area contributed by atoms with E-state index in [9.17, 15) is 0 Å². The Morgan fingerprint density at radius 3 is 1.47 bits per heavy atom. The van der Waals surface area contributed by atoms with Crippen LogP contribution < -0.4 is 0 Å². The predicted molar refractivity (Wildman–Crippen MR) is 163 cm³/mol. The molecular formula is C36H21FS. The van der Waals surface area contributed by atoms with Crippen molar-refractivity contribution in [2.75, 3.05) is 0 Å². The lowest BCUT2D eigenvalue weighted by Gasteiger charge is -2.13. The number of hydrogen-bond acceptors (Lipinski definition) is 1. The van der Waals surface area contributed by atoms with Gasteiger partial charge in [0.25, 0.3) is 0 Å². The van der Waals surface area contributed by atoms with Crippen molar-refractivity contribution < 1.29 is 4.39 Å². The summed E-state index contributed by atoms with van der Waals surface area (Å²) in [5.74, 6) is -0.225. The van der Waals surface area contributed by atoms with Crippen molar-refractivity contribution in [3.8, 4) is 22.3 Å². The van der Waals surface area contributed by atoms with Gasteiger partial charge in [-0.25, -0.2) is 4.39 Å². The molecule has 1 heterocycles. The monoisotopic (exact) mass is 504 g/mol. The van der Waals surface area contributed by atoms with E-state index in [4.69, 9.17) is 0 Å². The zero-order valence-corrected chi connectivity index (χ0v) is 21.2. The third-order valence-corrected chi connectivity index (χ3v) is 8.82. The normalized spacial score (nSPS) is 11.8. The molecule has 0 saturated heterocycles. The Morgan fingerprint density at radius 1 is 0.342 bits per heavy atom. The van der Waals surface area contributed by atoms with Crippen molar-refractivity contribution in [1.29, 1.82) is 0 Å². The maximum absolute atomic E-state index is 15.1. The minimum absolute atomic E-state index is 0.225. The number of benzene rings is 7. The largest absolute Gasteiger partial charge is 0.207 e. The Hall–Kier alpha value is -4.53. The third kappa shape index (κ3) is 3.27. The molecule has 0 atom stereocenters. The van der Waals surface area contributed by atoms with Crippen LogP contribution in [0.25, 0.3) is 74.7 Å². The van der Waals surface area contributed by atoms with Crippen LogP contribution in [0.2, 0.25) is 0 Å². The van der Waals surface area contributed by atoms with Crippen LogP contribution in [-0.2, 0) is 0 Å². The number of thiophene rings is 1. The molecule has 0 nitrogen and oxygen atoms in total. The summed E-state index contributed by atoms with van der Waals surface area (Å²) in [4.78, 5) is 0. The summed E-state index contributed by atoms with van der Waals surface area (Å²) in [6.07, 6.45) is 0. The average Bonchev–Trinajstić information content (AvgIpc) is 3.35. The molecule has 0 saturated carbocycles. The van der Waals surface area contributed by atoms with Gasteiger partial charge in [0, 0.05) is 20.2 Å². The fourth-order valence-corrected chi connectivity index (χ4v) is 7.06. The van der Waals surface area contributed by atoms with Crippen molar-refractivity contribution >= 4 is 63.8 Å². The molecule has 0 N–H and O–H groups in total. The van der Waals surface area contributed by atoms with Gasteiger partial charge in [0.1, 0.15) is 5.82 Å². The molecule has 7 aromatic carbocycles. The molecule has 0 spiro atoms. The van der Waals surface area contributed by atoms with Crippen LogP contribution in [0.1, 0.15) is 0 Å². The fraction of sp³-hybridized carbons (Fsp3) is 0. The molecule has 0 fully saturated rings. The van der Waals surface area contributed by atoms with Crippen LogP contribution in [0, 0.1) is 5.82 Å². The maximum atomic E-state index is 15.1. The highest BCUT2D eigenvalue weighted by Gasteiger charge is 2.12. The summed E-state index contributed by atoms with van der Waals surface area (Å²) in [7, 11) is 0. The highest BCUT2D eigenvalue weighted by molar-refractivity contribution is 7.25. The minimum atomic E-state index is -0.225. The van der Waals surface area contributed by atoms with Gasteiger partial charge in [0.2, 0.25) is 0 Å². The number of fused-ring (bicyclic) bond motifs is 9. The van der Waals surface area contributed by atoms with E-state index in [1.165, 1.54) is 52.5 Å². The van der Waals surface area contributed by atoms with Gasteiger partial charge in [-0.15, -0.1) is 11.3 Å². The quantitative estimate of drug-likeness (QED) is 0.205. The topological polar surface area (TPSA) is 0 Å². The predicted octanol–water partition coefficient (Wildman–Crippen LogP) is 11.0. The zero-order chi connectivity index (χ0) is 25.2. The van der Waals surface area contributed by atoms with Crippen molar-refractivity contribution in [2.45, 2.75) is 0 Å². The van der Waals surface area contributed by atoms with Gasteiger partial charge in [0.05, 0.1) is 0 Å². The smallest absolute Gasteiger partial charge is 0.124 e. The van der Waals surface area contributed by atoms with E-state index in [1.54, 1.807) is 23.5 Å². The summed E-state index contributed by atoms with van der Waals surface area (Å²) >= 11 is 1.78. The minimum Gasteiger partial charge on any atom is -0.207 e. The van der Waals surface area contributed by atoms with Crippen molar-refractivity contribution in [3.05, 3.63) is 133 Å². The van der Waals surface area contributed by atoms with Gasteiger partial charge in [-0.1, -0.05) is 91.0 Å². The van der Waals surface area contributed by atoms with Crippen LogP contribution in [0.3, 0.4) is 0 Å². The lowest BCUT2D eigenvalue weighted by atomic mass is 9.91. The molecule has 2 heteroatoms. The van der Waals surface area contributed by atoms with Gasteiger partial charge in [0.15, 0.2) is 0 Å². The van der Waals surface area contributed by atoms with Crippen LogP contribution in [0.15, 0.2) is 127 Å². The molecule has 0 aliphatic heterocycles. The zero-order valence-electron chi connectivity index (χ0n) is 20.4. The van der Waals surface area contributed by atoms with Crippen molar-refractivity contribution in [3.63, 3.8) is 0 Å². The first-order valence-corrected chi connectivity index (χ1v) is 13.6. The molecule has 1 aromatic heterocycles. The molecular weight excluding hydrogens is 483 g/mol. The Bertz CT molecular complexity index is 2170. The highest BCUT2D eigenvalue weighted by atomic mass is 32.1. The summed E-state index contributed by atoms with van der Waals surface area (Å²) in [6, 6.07) is 44.0. The number of halogens is 1. The van der Waals surface area contributed by atoms with Crippen LogP contribution in [0.4, 0.5) is 4.39 Å². The first kappa shape index (κ1) is 21.5. The Kier molecular flexibility index (Phi) is 4.67. The molecule has 0 amide bonds. The standard InChI is InChI=1S/C36H21FS/c37-26-18-24(17-25(19-26)23-14-16-33-32-11-5-6-12-35(32)38-36(33)21-23)22-13-15-31-29-9-2-1-7-27(29)28-8-3-4-10-30(28)34(31)20-22/h1-21H. The fourth-order valence-electron chi connectivity index (χ4n) is 5.92. The van der Waals surface area contributed by atoms with E-state index in [0.29, 0.717) is 0 Å². The van der Waals surface area contributed by atoms with Crippen molar-refractivity contribution in [2.24, 2.45) is 0 Å². The van der Waals surface area contributed by atoms with E-state index < -0.39 is 0 Å². The molecule has 0 unspecified atom stereocenters. The molecule has 178 valence electrons. The van der Waals surface area contributed by atoms with E-state index >= 15 is 4.39 Å². The molecule has 38 heavy (non-hydrogen) atoms. The van der Waals surface area contributed by atoms with Gasteiger partial charge in [-0.2, -0.15) is 0 Å². The average molecular weight is 505 g/mol. The van der Waals surface area contributed by atoms with E-state index in [-0.39, 0.29) is 5.82 Å². The van der Waals surface area contributed by atoms with Gasteiger partial charge < -0.3 is 0 Å². The van der Waals surface area contributed by atoms with E-state index in [0.717, 1.165) is 22.3 Å². The number of rotatable bonds is 2. The second-order valence-corrected chi connectivity index (χ2v) is 11.0. The Morgan fingerprint density at radius 2 is 0.816 bits per heavy atom. The molecule has 0 aliphatic carbocycles. The van der Waals surface area contributed by atoms with E-state index in [1.807, 2.05) is 0 Å². The molecule has 0 bridgehead atoms. The lowest BCUT2D eigenvalue weighted by Crippen LogP contribution is -1.87. The molecule has 8 aromatic rings. The van der Waals surface area contributed by atoms with Gasteiger partial charge in [-0.05, 0) is 91.0 Å². The first-order chi connectivity index (χ1) is 18.7. The third-order valence-electron chi connectivity index (χ3n) is 7.69. The Balaban J connectivity index is 1.32. The van der Waals surface area contributed by atoms with Gasteiger partial charge in [-0.3, -0.25) is 0 Å². The lowest BCUT2D eigenvalue weighted by molar-refractivity contribution is 0.629. The molecule has 0 radical (unpaired) electrons. The summed E-state index contributed by atoms with van der Waals surface area (Å²) in [5, 5.41) is 9.88. The van der Waals surface area contributed by atoms with Crippen molar-refractivity contribution in [1.82, 2.24) is 0 Å². The maximum Gasteiger partial charge on any atom is 0.124 e. The molecule has 8 rings (SSSR count). The summed E-state index contributed by atoms with van der Waals surface area (Å²) in [6.45, 7) is 0. The second-order valence-electron chi connectivity index (χ2n) is 9.89. The Labute approximate surface area is 223 Å². The van der Waals surface area contributed by atoms with Crippen LogP contribution in [-0.4, -0.2) is 0 Å². The summed E-state index contributed by atoms with van der Waals surface area (Å²) in [5.41, 5.74) is 3.82. The highest BCUT2D eigenvalue weighted by Crippen LogP contribution is 2.39. The first-order valence-electron chi connectivity index (χ1n) is 12.8. The summed E-state index contributed by atoms with van der Waals surface area (Å²) < 4.78 is 17.6. The molecule has 0 aliphatic rings.